The summed E-state index contributed by atoms with van der Waals surface area (Å²) in [7, 11) is 1.87. The summed E-state index contributed by atoms with van der Waals surface area (Å²) in [6.07, 6.45) is 2.24. The van der Waals surface area contributed by atoms with Crippen LogP contribution in [-0.2, 0) is 26.1 Å². The molecule has 188 valence electrons. The van der Waals surface area contributed by atoms with Crippen molar-refractivity contribution in [2.24, 2.45) is 0 Å². The smallest absolute Gasteiger partial charge is 0.280 e. The maximum atomic E-state index is 13.7. The van der Waals surface area contributed by atoms with Gasteiger partial charge in [0, 0.05) is 49.0 Å². The normalized spacial score (nSPS) is 11.5. The highest BCUT2D eigenvalue weighted by Gasteiger charge is 2.19. The van der Waals surface area contributed by atoms with Gasteiger partial charge in [0.25, 0.3) is 11.1 Å². The Kier molecular flexibility index (Phi) is 7.03. The Morgan fingerprint density at radius 1 is 1.00 bits per heavy atom. The van der Waals surface area contributed by atoms with Crippen molar-refractivity contribution in [3.8, 4) is 5.69 Å². The lowest BCUT2D eigenvalue weighted by Gasteiger charge is -2.20. The molecule has 3 heterocycles. The summed E-state index contributed by atoms with van der Waals surface area (Å²) in [6.45, 7) is 1.10. The second-order valence-electron chi connectivity index (χ2n) is 8.98. The van der Waals surface area contributed by atoms with E-state index in [0.29, 0.717) is 53.4 Å². The molecule has 0 atom stereocenters. The van der Waals surface area contributed by atoms with Crippen LogP contribution in [0.15, 0.2) is 88.6 Å². The summed E-state index contributed by atoms with van der Waals surface area (Å²) >= 11 is 6.16. The van der Waals surface area contributed by atoms with Gasteiger partial charge in [-0.15, -0.1) is 0 Å². The van der Waals surface area contributed by atoms with Crippen LogP contribution in [0.25, 0.3) is 16.6 Å². The molecule has 0 saturated heterocycles. The molecular formula is C28H25ClFN5O2. The molecule has 0 saturated carbocycles. The maximum absolute atomic E-state index is 13.7. The highest BCUT2D eigenvalue weighted by atomic mass is 35.5. The van der Waals surface area contributed by atoms with E-state index in [4.69, 9.17) is 11.6 Å². The highest BCUT2D eigenvalue weighted by Crippen LogP contribution is 2.19. The monoisotopic (exact) mass is 517 g/mol. The summed E-state index contributed by atoms with van der Waals surface area (Å²) < 4.78 is 16.8. The Morgan fingerprint density at radius 3 is 2.59 bits per heavy atom. The lowest BCUT2D eigenvalue weighted by atomic mass is 10.1. The van der Waals surface area contributed by atoms with Gasteiger partial charge < -0.3 is 4.57 Å². The summed E-state index contributed by atoms with van der Waals surface area (Å²) in [5.74, 6) is -0.310. The van der Waals surface area contributed by atoms with Gasteiger partial charge >= 0.3 is 0 Å². The molecule has 0 unspecified atom stereocenters. The van der Waals surface area contributed by atoms with Gasteiger partial charge in [0.1, 0.15) is 5.82 Å². The van der Waals surface area contributed by atoms with Gasteiger partial charge in [0.2, 0.25) is 0 Å². The molecule has 0 radical (unpaired) electrons. The Labute approximate surface area is 217 Å². The predicted octanol–water partition coefficient (Wildman–Crippen LogP) is 4.54. The molecule has 1 N–H and O–H groups in total. The van der Waals surface area contributed by atoms with Crippen molar-refractivity contribution in [2.75, 3.05) is 7.05 Å². The number of hydrogen-bond donors (Lipinski definition) is 1. The predicted molar refractivity (Wildman–Crippen MR) is 143 cm³/mol. The van der Waals surface area contributed by atoms with Crippen LogP contribution < -0.4 is 11.1 Å². The third-order valence-electron chi connectivity index (χ3n) is 6.21. The zero-order chi connectivity index (χ0) is 25.9. The number of aromatic nitrogens is 4. The molecule has 7 nitrogen and oxygen atoms in total. The van der Waals surface area contributed by atoms with Crippen LogP contribution in [0.1, 0.15) is 17.0 Å². The average Bonchev–Trinajstić information content (AvgIpc) is 3.20. The Balaban J connectivity index is 1.60. The van der Waals surface area contributed by atoms with E-state index in [0.717, 1.165) is 11.3 Å². The molecule has 9 heteroatoms. The lowest BCUT2D eigenvalue weighted by molar-refractivity contribution is 0.308. The molecule has 0 amide bonds. The molecule has 0 aliphatic carbocycles. The minimum atomic E-state index is -0.310. The molecule has 37 heavy (non-hydrogen) atoms. The van der Waals surface area contributed by atoms with Crippen molar-refractivity contribution < 1.29 is 4.39 Å². The van der Waals surface area contributed by atoms with Gasteiger partial charge in [-0.1, -0.05) is 35.9 Å². The fraction of sp³-hybridized carbons (Fsp3) is 0.179. The minimum absolute atomic E-state index is 0.225. The summed E-state index contributed by atoms with van der Waals surface area (Å²) in [4.78, 5) is 33.3. The first-order valence-corrected chi connectivity index (χ1v) is 12.2. The highest BCUT2D eigenvalue weighted by molar-refractivity contribution is 6.30. The van der Waals surface area contributed by atoms with E-state index in [2.05, 4.69) is 10.1 Å². The Hall–Kier alpha value is -4.01. The number of benzene rings is 2. The number of nitrogens with zero attached hydrogens (tertiary/aromatic N) is 4. The second-order valence-corrected chi connectivity index (χ2v) is 9.41. The molecule has 2 aromatic carbocycles. The topological polar surface area (TPSA) is 75.9 Å². The summed E-state index contributed by atoms with van der Waals surface area (Å²) in [6, 6.07) is 20.4. The first-order chi connectivity index (χ1) is 17.9. The van der Waals surface area contributed by atoms with Crippen LogP contribution in [-0.4, -0.2) is 31.3 Å². The van der Waals surface area contributed by atoms with Crippen LogP contribution in [0.5, 0.6) is 0 Å². The van der Waals surface area contributed by atoms with Crippen molar-refractivity contribution in [1.29, 1.82) is 0 Å². The van der Waals surface area contributed by atoms with Crippen LogP contribution in [0.4, 0.5) is 4.39 Å². The fourth-order valence-corrected chi connectivity index (χ4v) is 4.73. The maximum Gasteiger partial charge on any atom is 0.280 e. The van der Waals surface area contributed by atoms with E-state index in [9.17, 15) is 14.0 Å². The van der Waals surface area contributed by atoms with Gasteiger partial charge in [0.15, 0.2) is 0 Å². The number of pyridine rings is 2. The largest absolute Gasteiger partial charge is 0.310 e. The first kappa shape index (κ1) is 24.7. The molecule has 0 fully saturated rings. The Bertz CT molecular complexity index is 1680. The summed E-state index contributed by atoms with van der Waals surface area (Å²) in [5.41, 5.74) is 2.73. The van der Waals surface area contributed by atoms with Crippen molar-refractivity contribution in [3.05, 3.63) is 127 Å². The van der Waals surface area contributed by atoms with Crippen LogP contribution >= 0.6 is 11.6 Å². The van der Waals surface area contributed by atoms with E-state index < -0.39 is 0 Å². The molecule has 0 bridgehead atoms. The standard InChI is InChI=1S/C28H25ClFN5O2/c1-33(17-19-6-4-8-21(30)14-19)18-25-27-24(32-35(28(27)37)23-10-5-7-20(29)15-23)16-26(36)34(25)13-11-22-9-2-3-12-31-22/h2-10,12,14-16,32H,11,13,17-18H2,1H3. The Morgan fingerprint density at radius 2 is 1.84 bits per heavy atom. The fourth-order valence-electron chi connectivity index (χ4n) is 4.54. The number of nitrogens with one attached hydrogen (secondary N) is 1. The number of aryl methyl sites for hydroxylation is 1. The van der Waals surface area contributed by atoms with Crippen molar-refractivity contribution in [1.82, 2.24) is 24.2 Å². The second kappa shape index (κ2) is 10.5. The number of rotatable bonds is 8. The summed E-state index contributed by atoms with van der Waals surface area (Å²) in [5, 5.41) is 3.99. The molecule has 5 rings (SSSR count). The SMILES string of the molecule is CN(Cc1cccc(F)c1)Cc1c2c(=O)n(-c3cccc(Cl)c3)[nH]c2cc(=O)n1CCc1ccccn1. The van der Waals surface area contributed by atoms with Gasteiger partial charge in [0.05, 0.1) is 22.3 Å². The molecule has 0 spiro atoms. The average molecular weight is 518 g/mol. The molecule has 5 aromatic rings. The molecule has 3 aromatic heterocycles. The van der Waals surface area contributed by atoms with E-state index in [1.807, 2.05) is 36.2 Å². The number of halogens is 2. The zero-order valence-corrected chi connectivity index (χ0v) is 21.0. The minimum Gasteiger partial charge on any atom is -0.310 e. The van der Waals surface area contributed by atoms with Gasteiger partial charge in [-0.25, -0.2) is 9.07 Å². The molecule has 0 aliphatic heterocycles. The van der Waals surface area contributed by atoms with E-state index >= 15 is 0 Å². The van der Waals surface area contributed by atoms with Crippen LogP contribution in [0, 0.1) is 5.82 Å². The number of aromatic amines is 1. The van der Waals surface area contributed by atoms with Crippen molar-refractivity contribution >= 4 is 22.5 Å². The third-order valence-corrected chi connectivity index (χ3v) is 6.45. The lowest BCUT2D eigenvalue weighted by Crippen LogP contribution is -2.29. The third kappa shape index (κ3) is 5.40. The number of hydrogen-bond acceptors (Lipinski definition) is 4. The van der Waals surface area contributed by atoms with Crippen molar-refractivity contribution in [3.63, 3.8) is 0 Å². The molecular weight excluding hydrogens is 493 g/mol. The van der Waals surface area contributed by atoms with E-state index in [1.165, 1.54) is 22.9 Å². The number of H-pyrrole nitrogens is 1. The molecule has 0 aliphatic rings. The zero-order valence-electron chi connectivity index (χ0n) is 20.2. The quantitative estimate of drug-likeness (QED) is 0.328. The van der Waals surface area contributed by atoms with Gasteiger partial charge in [-0.3, -0.25) is 24.6 Å². The van der Waals surface area contributed by atoms with E-state index in [1.54, 1.807) is 41.1 Å². The van der Waals surface area contributed by atoms with Crippen molar-refractivity contribution in [2.45, 2.75) is 26.1 Å². The van der Waals surface area contributed by atoms with Crippen LogP contribution in [0.2, 0.25) is 5.02 Å². The van der Waals surface area contributed by atoms with E-state index in [-0.39, 0.29) is 16.9 Å². The number of fused-ring (bicyclic) bond motifs is 1. The van der Waals surface area contributed by atoms with Gasteiger partial charge in [-0.2, -0.15) is 0 Å². The van der Waals surface area contributed by atoms with Gasteiger partial charge in [-0.05, 0) is 55.1 Å². The van der Waals surface area contributed by atoms with Crippen LogP contribution in [0.3, 0.4) is 0 Å². The first-order valence-electron chi connectivity index (χ1n) is 11.9.